The van der Waals surface area contributed by atoms with Gasteiger partial charge in [0.1, 0.15) is 0 Å². The van der Waals surface area contributed by atoms with Crippen LogP contribution in [0.2, 0.25) is 0 Å². The predicted octanol–water partition coefficient (Wildman–Crippen LogP) is 3.28. The van der Waals surface area contributed by atoms with Crippen LogP contribution in [0.4, 0.5) is 0 Å². The molecule has 5 atom stereocenters. The number of nitrogens with zero attached hydrogens (tertiary/aromatic N) is 2. The summed E-state index contributed by atoms with van der Waals surface area (Å²) in [6.07, 6.45) is 8.68. The fourth-order valence-corrected chi connectivity index (χ4v) is 5.16. The zero-order valence-electron chi connectivity index (χ0n) is 13.6. The third kappa shape index (κ3) is 3.11. The Bertz CT molecular complexity index is 419. The lowest BCUT2D eigenvalue weighted by Crippen LogP contribution is -2.58. The summed E-state index contributed by atoms with van der Waals surface area (Å²) in [6, 6.07) is 0.275. The Hall–Kier alpha value is -0.610. The van der Waals surface area contributed by atoms with Crippen LogP contribution in [0.15, 0.2) is 0 Å². The standard InChI is InChI=1S/C17H30N2O2/c1-13-10-14(12-15-6-3-4-8-18(15)20)16-7-5-9-19(2,21)17(16)11-13/h13-14,16-17H,3-12H2,1-2H3/t13-,14+,16-,17-,19+/m1/s1. The molecule has 1 saturated carbocycles. The van der Waals surface area contributed by atoms with Crippen LogP contribution in [0.3, 0.4) is 0 Å². The number of likely N-dealkylation sites (tertiary alicyclic amines) is 1. The van der Waals surface area contributed by atoms with Gasteiger partial charge in [-0.1, -0.05) is 6.92 Å². The van der Waals surface area contributed by atoms with Gasteiger partial charge in [-0.25, -0.2) is 4.74 Å². The first kappa shape index (κ1) is 15.3. The van der Waals surface area contributed by atoms with E-state index in [1.165, 1.54) is 24.0 Å². The average Bonchev–Trinajstić information content (AvgIpc) is 2.42. The van der Waals surface area contributed by atoms with E-state index in [9.17, 15) is 10.4 Å². The second-order valence-corrected chi connectivity index (χ2v) is 7.94. The Labute approximate surface area is 128 Å². The fourth-order valence-electron chi connectivity index (χ4n) is 5.16. The van der Waals surface area contributed by atoms with E-state index in [-0.39, 0.29) is 10.7 Å². The summed E-state index contributed by atoms with van der Waals surface area (Å²) in [6.45, 7) is 3.75. The van der Waals surface area contributed by atoms with E-state index < -0.39 is 0 Å². The van der Waals surface area contributed by atoms with Crippen molar-refractivity contribution in [1.29, 1.82) is 0 Å². The van der Waals surface area contributed by atoms with Gasteiger partial charge in [-0.05, 0) is 37.5 Å². The third-order valence-corrected chi connectivity index (χ3v) is 6.22. The van der Waals surface area contributed by atoms with E-state index in [0.717, 1.165) is 44.4 Å². The Morgan fingerprint density at radius 1 is 1.24 bits per heavy atom. The number of rotatable bonds is 2. The molecule has 0 aromatic rings. The molecule has 4 nitrogen and oxygen atoms in total. The van der Waals surface area contributed by atoms with Gasteiger partial charge in [-0.2, -0.15) is 0 Å². The predicted molar refractivity (Wildman–Crippen MR) is 84.8 cm³/mol. The lowest BCUT2D eigenvalue weighted by molar-refractivity contribution is -0.898. The Kier molecular flexibility index (Phi) is 4.28. The molecule has 3 aliphatic rings. The Morgan fingerprint density at radius 2 is 2.05 bits per heavy atom. The average molecular weight is 294 g/mol. The van der Waals surface area contributed by atoms with Crippen LogP contribution in [-0.2, 0) is 0 Å². The SMILES string of the molecule is C[C@@H]1C[C@@H](CC2=[N+]([O-])CCCC2)[C@H]2CCC[N@+](C)([O-])[C@@H]2C1. The normalized spacial score (nSPS) is 44.5. The van der Waals surface area contributed by atoms with Crippen molar-refractivity contribution >= 4 is 5.71 Å². The van der Waals surface area contributed by atoms with E-state index in [1.807, 2.05) is 7.05 Å². The summed E-state index contributed by atoms with van der Waals surface area (Å²) in [5.41, 5.74) is 1.12. The quantitative estimate of drug-likeness (QED) is 0.446. The largest absolute Gasteiger partial charge is 0.633 e. The molecule has 0 bridgehead atoms. The molecule has 0 spiro atoms. The first-order valence-corrected chi connectivity index (χ1v) is 8.83. The van der Waals surface area contributed by atoms with Crippen LogP contribution < -0.4 is 0 Å². The van der Waals surface area contributed by atoms with Gasteiger partial charge in [-0.15, -0.1) is 0 Å². The van der Waals surface area contributed by atoms with Crippen LogP contribution in [0.25, 0.3) is 0 Å². The highest BCUT2D eigenvalue weighted by Gasteiger charge is 2.46. The van der Waals surface area contributed by atoms with Crippen molar-refractivity contribution in [2.45, 2.75) is 64.3 Å². The van der Waals surface area contributed by atoms with Crippen LogP contribution in [0, 0.1) is 28.2 Å². The van der Waals surface area contributed by atoms with Crippen molar-refractivity contribution in [3.8, 4) is 0 Å². The topological polar surface area (TPSA) is 49.1 Å². The van der Waals surface area contributed by atoms with Crippen molar-refractivity contribution in [1.82, 2.24) is 0 Å². The molecule has 0 aromatic carbocycles. The molecule has 3 rings (SSSR count). The lowest BCUT2D eigenvalue weighted by atomic mass is 9.66. The molecule has 2 fully saturated rings. The molecule has 0 unspecified atom stereocenters. The number of piperidine rings is 1. The van der Waals surface area contributed by atoms with E-state index in [1.54, 1.807) is 0 Å². The molecule has 120 valence electrons. The molecule has 4 heteroatoms. The van der Waals surface area contributed by atoms with Gasteiger partial charge < -0.3 is 15.1 Å². The summed E-state index contributed by atoms with van der Waals surface area (Å²) < 4.78 is 1.22. The first-order valence-electron chi connectivity index (χ1n) is 8.83. The maximum absolute atomic E-state index is 12.8. The van der Waals surface area contributed by atoms with Crippen LogP contribution in [-0.4, -0.2) is 41.3 Å². The van der Waals surface area contributed by atoms with Crippen LogP contribution in [0.5, 0.6) is 0 Å². The second-order valence-electron chi connectivity index (χ2n) is 7.94. The molecule has 0 aromatic heterocycles. The highest BCUT2D eigenvalue weighted by molar-refractivity contribution is 5.80. The number of quaternary nitrogens is 1. The monoisotopic (exact) mass is 294 g/mol. The maximum atomic E-state index is 12.8. The number of hydrogen-bond donors (Lipinski definition) is 0. The zero-order chi connectivity index (χ0) is 15.0. The van der Waals surface area contributed by atoms with Gasteiger partial charge in [-0.3, -0.25) is 0 Å². The molecular formula is C17H30N2O2. The van der Waals surface area contributed by atoms with Gasteiger partial charge in [0.05, 0.1) is 19.6 Å². The number of hydroxylamine groups is 4. The molecule has 21 heavy (non-hydrogen) atoms. The minimum Gasteiger partial charge on any atom is -0.633 e. The minimum absolute atomic E-state index is 0.0398. The maximum Gasteiger partial charge on any atom is 0.163 e. The summed E-state index contributed by atoms with van der Waals surface area (Å²) >= 11 is 0. The second kappa shape index (κ2) is 5.88. The van der Waals surface area contributed by atoms with Crippen LogP contribution >= 0.6 is 0 Å². The van der Waals surface area contributed by atoms with Crippen molar-refractivity contribution in [2.75, 3.05) is 20.1 Å². The molecule has 1 saturated heterocycles. The molecule has 1 aliphatic carbocycles. The highest BCUT2D eigenvalue weighted by atomic mass is 16.5. The van der Waals surface area contributed by atoms with Gasteiger partial charge >= 0.3 is 0 Å². The molecule has 0 amide bonds. The van der Waals surface area contributed by atoms with Gasteiger partial charge in [0.15, 0.2) is 12.3 Å². The van der Waals surface area contributed by atoms with Crippen molar-refractivity contribution in [3.63, 3.8) is 0 Å². The smallest absolute Gasteiger partial charge is 0.163 e. The van der Waals surface area contributed by atoms with E-state index >= 15 is 0 Å². The third-order valence-electron chi connectivity index (χ3n) is 6.22. The van der Waals surface area contributed by atoms with Gasteiger partial charge in [0.2, 0.25) is 0 Å². The van der Waals surface area contributed by atoms with E-state index in [2.05, 4.69) is 6.92 Å². The summed E-state index contributed by atoms with van der Waals surface area (Å²) in [5.74, 6) is 1.74. The van der Waals surface area contributed by atoms with Crippen LogP contribution in [0.1, 0.15) is 58.3 Å². The van der Waals surface area contributed by atoms with Gasteiger partial charge in [0.25, 0.3) is 0 Å². The highest BCUT2D eigenvalue weighted by Crippen LogP contribution is 2.45. The molecule has 2 aliphatic heterocycles. The van der Waals surface area contributed by atoms with Gasteiger partial charge in [0, 0.05) is 31.6 Å². The minimum atomic E-state index is -0.0398. The molecular weight excluding hydrogens is 264 g/mol. The molecule has 0 radical (unpaired) electrons. The Balaban J connectivity index is 1.77. The summed E-state index contributed by atoms with van der Waals surface area (Å²) in [5, 5.41) is 24.8. The van der Waals surface area contributed by atoms with Crippen molar-refractivity contribution in [3.05, 3.63) is 10.4 Å². The fraction of sp³-hybridized carbons (Fsp3) is 0.941. The summed E-state index contributed by atoms with van der Waals surface area (Å²) in [7, 11) is 1.87. The van der Waals surface area contributed by atoms with E-state index in [0.29, 0.717) is 24.3 Å². The molecule has 0 N–H and O–H groups in total. The van der Waals surface area contributed by atoms with E-state index in [4.69, 9.17) is 0 Å². The van der Waals surface area contributed by atoms with Crippen molar-refractivity contribution in [2.24, 2.45) is 17.8 Å². The Morgan fingerprint density at radius 3 is 2.81 bits per heavy atom. The first-order chi connectivity index (χ1) is 9.97. The number of fused-ring (bicyclic) bond motifs is 1. The number of hydrogen-bond acceptors (Lipinski definition) is 2. The zero-order valence-corrected chi connectivity index (χ0v) is 13.6. The lowest BCUT2D eigenvalue weighted by Gasteiger charge is -2.56. The summed E-state index contributed by atoms with van der Waals surface area (Å²) in [4.78, 5) is 0. The molecule has 2 heterocycles. The van der Waals surface area contributed by atoms with Crippen molar-refractivity contribution < 1.29 is 9.39 Å².